The number of hydrogen-bond acceptors (Lipinski definition) is 2. The number of imidazole rings is 1. The zero-order chi connectivity index (χ0) is 11.0. The van der Waals surface area contributed by atoms with Crippen LogP contribution in [0.25, 0.3) is 5.65 Å². The Labute approximate surface area is 95.4 Å². The SMILES string of the molecule is CC(=O)Nc1cn2c(C)c(Br)ccc2n1. The van der Waals surface area contributed by atoms with Crippen molar-refractivity contribution in [3.63, 3.8) is 0 Å². The number of carbonyl (C=O) groups excluding carboxylic acids is 1. The molecule has 78 valence electrons. The van der Waals surface area contributed by atoms with E-state index < -0.39 is 0 Å². The highest BCUT2D eigenvalue weighted by Gasteiger charge is 2.05. The fourth-order valence-corrected chi connectivity index (χ4v) is 1.73. The van der Waals surface area contributed by atoms with E-state index in [1.165, 1.54) is 6.92 Å². The van der Waals surface area contributed by atoms with Crippen molar-refractivity contribution in [2.24, 2.45) is 0 Å². The van der Waals surface area contributed by atoms with Gasteiger partial charge in [-0.05, 0) is 35.0 Å². The lowest BCUT2D eigenvalue weighted by atomic mass is 10.4. The first kappa shape index (κ1) is 10.2. The van der Waals surface area contributed by atoms with Gasteiger partial charge in [0.15, 0.2) is 5.82 Å². The summed E-state index contributed by atoms with van der Waals surface area (Å²) in [4.78, 5) is 15.1. The number of halogens is 1. The number of nitrogens with one attached hydrogen (secondary N) is 1. The summed E-state index contributed by atoms with van der Waals surface area (Å²) in [6.07, 6.45) is 1.80. The highest BCUT2D eigenvalue weighted by molar-refractivity contribution is 9.10. The Balaban J connectivity index is 2.56. The monoisotopic (exact) mass is 267 g/mol. The second-order valence-corrected chi connectivity index (χ2v) is 4.16. The van der Waals surface area contributed by atoms with Crippen LogP contribution in [0.5, 0.6) is 0 Å². The fraction of sp³-hybridized carbons (Fsp3) is 0.200. The maximum atomic E-state index is 10.9. The fourth-order valence-electron chi connectivity index (χ4n) is 1.40. The summed E-state index contributed by atoms with van der Waals surface area (Å²) in [7, 11) is 0. The first-order valence-corrected chi connectivity index (χ1v) is 5.29. The van der Waals surface area contributed by atoms with Gasteiger partial charge in [0.1, 0.15) is 5.65 Å². The van der Waals surface area contributed by atoms with Gasteiger partial charge in [-0.25, -0.2) is 4.98 Å². The normalized spacial score (nSPS) is 10.6. The van der Waals surface area contributed by atoms with E-state index in [2.05, 4.69) is 26.2 Å². The van der Waals surface area contributed by atoms with Gasteiger partial charge in [-0.3, -0.25) is 4.79 Å². The Hall–Kier alpha value is -1.36. The van der Waals surface area contributed by atoms with Crippen molar-refractivity contribution in [1.82, 2.24) is 9.38 Å². The van der Waals surface area contributed by atoms with Gasteiger partial charge in [-0.1, -0.05) is 0 Å². The van der Waals surface area contributed by atoms with E-state index in [9.17, 15) is 4.79 Å². The summed E-state index contributed by atoms with van der Waals surface area (Å²) in [5, 5.41) is 2.65. The maximum Gasteiger partial charge on any atom is 0.222 e. The molecule has 0 saturated carbocycles. The van der Waals surface area contributed by atoms with Crippen LogP contribution >= 0.6 is 15.9 Å². The van der Waals surface area contributed by atoms with Crippen LogP contribution in [-0.2, 0) is 4.79 Å². The minimum absolute atomic E-state index is 0.116. The number of nitrogens with zero attached hydrogens (tertiary/aromatic N) is 2. The molecule has 0 spiro atoms. The second-order valence-electron chi connectivity index (χ2n) is 3.30. The molecule has 5 heteroatoms. The molecule has 4 nitrogen and oxygen atoms in total. The Kier molecular flexibility index (Phi) is 2.48. The molecular formula is C10H10BrN3O. The summed E-state index contributed by atoms with van der Waals surface area (Å²) < 4.78 is 2.94. The van der Waals surface area contributed by atoms with Crippen molar-refractivity contribution >= 4 is 33.3 Å². The Morgan fingerprint density at radius 3 is 2.93 bits per heavy atom. The molecule has 0 saturated heterocycles. The maximum absolute atomic E-state index is 10.9. The molecule has 0 aliphatic rings. The number of aryl methyl sites for hydroxylation is 1. The lowest BCUT2D eigenvalue weighted by Gasteiger charge is -2.00. The predicted molar refractivity (Wildman–Crippen MR) is 61.9 cm³/mol. The summed E-state index contributed by atoms with van der Waals surface area (Å²) in [5.74, 6) is 0.457. The molecular weight excluding hydrogens is 258 g/mol. The van der Waals surface area contributed by atoms with Crippen LogP contribution in [-0.4, -0.2) is 15.3 Å². The summed E-state index contributed by atoms with van der Waals surface area (Å²) in [6.45, 7) is 3.45. The molecule has 0 aliphatic heterocycles. The van der Waals surface area contributed by atoms with Crippen molar-refractivity contribution in [3.8, 4) is 0 Å². The largest absolute Gasteiger partial charge is 0.310 e. The number of fused-ring (bicyclic) bond motifs is 1. The van der Waals surface area contributed by atoms with Gasteiger partial charge in [-0.15, -0.1) is 0 Å². The van der Waals surface area contributed by atoms with E-state index in [4.69, 9.17) is 0 Å². The lowest BCUT2D eigenvalue weighted by molar-refractivity contribution is -0.114. The van der Waals surface area contributed by atoms with Gasteiger partial charge < -0.3 is 9.72 Å². The van der Waals surface area contributed by atoms with Crippen LogP contribution in [0.3, 0.4) is 0 Å². The highest BCUT2D eigenvalue weighted by Crippen LogP contribution is 2.19. The molecule has 0 bridgehead atoms. The van der Waals surface area contributed by atoms with Crippen LogP contribution < -0.4 is 5.32 Å². The Bertz CT molecular complexity index is 533. The molecule has 0 atom stereocenters. The zero-order valence-electron chi connectivity index (χ0n) is 8.41. The van der Waals surface area contributed by atoms with Crippen LogP contribution in [0.4, 0.5) is 5.82 Å². The number of anilines is 1. The molecule has 2 heterocycles. The van der Waals surface area contributed by atoms with Crippen molar-refractivity contribution in [2.75, 3.05) is 5.32 Å². The quantitative estimate of drug-likeness (QED) is 0.863. The number of rotatable bonds is 1. The van der Waals surface area contributed by atoms with Gasteiger partial charge in [0.2, 0.25) is 5.91 Å². The number of aromatic nitrogens is 2. The predicted octanol–water partition coefficient (Wildman–Crippen LogP) is 2.36. The number of hydrogen-bond donors (Lipinski definition) is 1. The molecule has 2 aromatic rings. The third-order valence-electron chi connectivity index (χ3n) is 2.12. The Morgan fingerprint density at radius 2 is 2.27 bits per heavy atom. The third kappa shape index (κ3) is 1.87. The number of pyridine rings is 1. The first-order chi connectivity index (χ1) is 7.08. The Morgan fingerprint density at radius 1 is 1.53 bits per heavy atom. The second kappa shape index (κ2) is 3.66. The van der Waals surface area contributed by atoms with Crippen LogP contribution in [0.15, 0.2) is 22.8 Å². The average Bonchev–Trinajstić information content (AvgIpc) is 2.54. The average molecular weight is 268 g/mol. The van der Waals surface area contributed by atoms with Gasteiger partial charge in [0.05, 0.1) is 6.20 Å². The van der Waals surface area contributed by atoms with E-state index >= 15 is 0 Å². The molecule has 1 amide bonds. The van der Waals surface area contributed by atoms with E-state index in [0.717, 1.165) is 15.8 Å². The standard InChI is InChI=1S/C10H10BrN3O/c1-6-8(11)3-4-10-13-9(5-14(6)10)12-7(2)15/h3-5H,1-2H3,(H,12,15). The molecule has 15 heavy (non-hydrogen) atoms. The van der Waals surface area contributed by atoms with Crippen molar-refractivity contribution in [2.45, 2.75) is 13.8 Å². The van der Waals surface area contributed by atoms with Crippen LogP contribution in [0.2, 0.25) is 0 Å². The van der Waals surface area contributed by atoms with Gasteiger partial charge in [0.25, 0.3) is 0 Å². The lowest BCUT2D eigenvalue weighted by Crippen LogP contribution is -2.05. The summed E-state index contributed by atoms with van der Waals surface area (Å²) in [5.41, 5.74) is 1.87. The minimum atomic E-state index is -0.116. The number of amides is 1. The van der Waals surface area contributed by atoms with Gasteiger partial charge >= 0.3 is 0 Å². The smallest absolute Gasteiger partial charge is 0.222 e. The highest BCUT2D eigenvalue weighted by atomic mass is 79.9. The molecule has 0 radical (unpaired) electrons. The molecule has 0 unspecified atom stereocenters. The van der Waals surface area contributed by atoms with Crippen LogP contribution in [0, 0.1) is 6.92 Å². The van der Waals surface area contributed by atoms with Gasteiger partial charge in [0, 0.05) is 17.1 Å². The molecule has 2 aromatic heterocycles. The zero-order valence-corrected chi connectivity index (χ0v) is 10.00. The summed E-state index contributed by atoms with van der Waals surface area (Å²) >= 11 is 3.44. The molecule has 0 fully saturated rings. The first-order valence-electron chi connectivity index (χ1n) is 4.50. The minimum Gasteiger partial charge on any atom is -0.310 e. The van der Waals surface area contributed by atoms with Crippen molar-refractivity contribution < 1.29 is 4.79 Å². The van der Waals surface area contributed by atoms with Crippen molar-refractivity contribution in [3.05, 3.63) is 28.5 Å². The molecule has 0 aromatic carbocycles. The van der Waals surface area contributed by atoms with Crippen molar-refractivity contribution in [1.29, 1.82) is 0 Å². The molecule has 2 rings (SSSR count). The third-order valence-corrected chi connectivity index (χ3v) is 2.96. The van der Waals surface area contributed by atoms with E-state index in [0.29, 0.717) is 5.82 Å². The van der Waals surface area contributed by atoms with Gasteiger partial charge in [-0.2, -0.15) is 0 Å². The molecule has 0 aliphatic carbocycles. The van der Waals surface area contributed by atoms with E-state index in [1.807, 2.05) is 23.5 Å². The molecule has 1 N–H and O–H groups in total. The topological polar surface area (TPSA) is 46.4 Å². The van der Waals surface area contributed by atoms with E-state index in [-0.39, 0.29) is 5.91 Å². The summed E-state index contributed by atoms with van der Waals surface area (Å²) in [6, 6.07) is 3.83. The van der Waals surface area contributed by atoms with E-state index in [1.54, 1.807) is 6.20 Å². The van der Waals surface area contributed by atoms with Crippen LogP contribution in [0.1, 0.15) is 12.6 Å². The number of carbonyl (C=O) groups is 1.